The van der Waals surface area contributed by atoms with Gasteiger partial charge in [0.15, 0.2) is 0 Å². The first-order valence-corrected chi connectivity index (χ1v) is 6.42. The fourth-order valence-electron chi connectivity index (χ4n) is 2.35. The molecule has 0 bridgehead atoms. The lowest BCUT2D eigenvalue weighted by Gasteiger charge is -2.37. The summed E-state index contributed by atoms with van der Waals surface area (Å²) in [6.07, 6.45) is 0. The summed E-state index contributed by atoms with van der Waals surface area (Å²) in [5.41, 5.74) is 6.26. The molecule has 1 aromatic rings. The third-order valence-corrected chi connectivity index (χ3v) is 3.05. The molecule has 1 aliphatic heterocycles. The van der Waals surface area contributed by atoms with Crippen molar-refractivity contribution in [2.75, 3.05) is 31.1 Å². The highest BCUT2D eigenvalue weighted by Crippen LogP contribution is 2.18. The molecule has 1 aromatic carbocycles. The average molecular weight is 302 g/mol. The van der Waals surface area contributed by atoms with Crippen molar-refractivity contribution in [2.45, 2.75) is 19.4 Å². The molecule has 1 fully saturated rings. The lowest BCUT2D eigenvalue weighted by molar-refractivity contribution is -0.121. The van der Waals surface area contributed by atoms with Crippen molar-refractivity contribution < 1.29 is 9.18 Å². The number of halogens is 2. The molecule has 0 aliphatic carbocycles. The van der Waals surface area contributed by atoms with Gasteiger partial charge in [-0.15, -0.1) is 12.4 Å². The topological polar surface area (TPSA) is 49.6 Å². The van der Waals surface area contributed by atoms with E-state index in [0.717, 1.165) is 6.54 Å². The predicted molar refractivity (Wildman–Crippen MR) is 80.7 cm³/mol. The number of hydrogen-bond acceptors (Lipinski definition) is 3. The van der Waals surface area contributed by atoms with Gasteiger partial charge in [0.05, 0.1) is 6.54 Å². The summed E-state index contributed by atoms with van der Waals surface area (Å²) in [5.74, 6) is -0.336. The minimum atomic E-state index is -0.323. The van der Waals surface area contributed by atoms with Gasteiger partial charge in [0, 0.05) is 30.9 Å². The van der Waals surface area contributed by atoms with Gasteiger partial charge in [0.25, 0.3) is 0 Å². The van der Waals surface area contributed by atoms with Crippen LogP contribution in [0.15, 0.2) is 24.3 Å². The number of amides is 1. The first-order chi connectivity index (χ1) is 8.85. The summed E-state index contributed by atoms with van der Waals surface area (Å²) in [6.45, 7) is 6.21. The first kappa shape index (κ1) is 16.9. The SMILES string of the molecule is CC(C)(N)CN1CCN(c2cccc(F)c2)C(=O)C1.Cl. The van der Waals surface area contributed by atoms with Crippen molar-refractivity contribution in [3.63, 3.8) is 0 Å². The number of benzene rings is 1. The molecule has 112 valence electrons. The molecule has 1 saturated heterocycles. The Labute approximate surface area is 125 Å². The maximum atomic E-state index is 13.2. The number of rotatable bonds is 3. The number of piperazine rings is 1. The van der Waals surface area contributed by atoms with Gasteiger partial charge in [-0.1, -0.05) is 6.07 Å². The van der Waals surface area contributed by atoms with Crippen LogP contribution >= 0.6 is 12.4 Å². The van der Waals surface area contributed by atoms with Crippen LogP contribution in [0, 0.1) is 5.82 Å². The molecule has 1 amide bonds. The third kappa shape index (κ3) is 4.44. The predicted octanol–water partition coefficient (Wildman–Crippen LogP) is 1.63. The fourth-order valence-corrected chi connectivity index (χ4v) is 2.35. The second-order valence-electron chi connectivity index (χ2n) is 5.72. The Morgan fingerprint density at radius 3 is 2.60 bits per heavy atom. The first-order valence-electron chi connectivity index (χ1n) is 6.42. The Morgan fingerprint density at radius 1 is 1.35 bits per heavy atom. The molecule has 2 N–H and O–H groups in total. The van der Waals surface area contributed by atoms with E-state index in [1.165, 1.54) is 12.1 Å². The van der Waals surface area contributed by atoms with Gasteiger partial charge in [-0.2, -0.15) is 0 Å². The Morgan fingerprint density at radius 2 is 2.05 bits per heavy atom. The molecule has 0 radical (unpaired) electrons. The van der Waals surface area contributed by atoms with Crippen molar-refractivity contribution >= 4 is 24.0 Å². The van der Waals surface area contributed by atoms with Crippen LogP contribution in [0.1, 0.15) is 13.8 Å². The van der Waals surface area contributed by atoms with E-state index in [1.807, 2.05) is 18.7 Å². The van der Waals surface area contributed by atoms with Crippen molar-refractivity contribution in [3.05, 3.63) is 30.1 Å². The molecule has 2 rings (SSSR count). The van der Waals surface area contributed by atoms with Crippen LogP contribution < -0.4 is 10.6 Å². The van der Waals surface area contributed by atoms with Gasteiger partial charge in [-0.05, 0) is 32.0 Å². The molecule has 4 nitrogen and oxygen atoms in total. The maximum Gasteiger partial charge on any atom is 0.241 e. The molecule has 0 aromatic heterocycles. The smallest absolute Gasteiger partial charge is 0.241 e. The van der Waals surface area contributed by atoms with E-state index in [1.54, 1.807) is 17.0 Å². The summed E-state index contributed by atoms with van der Waals surface area (Å²) in [7, 11) is 0. The van der Waals surface area contributed by atoms with Gasteiger partial charge in [-0.3, -0.25) is 9.69 Å². The minimum absolute atomic E-state index is 0. The highest BCUT2D eigenvalue weighted by atomic mass is 35.5. The molecular formula is C14H21ClFN3O. The van der Waals surface area contributed by atoms with Gasteiger partial charge in [0.1, 0.15) is 5.82 Å². The van der Waals surface area contributed by atoms with Crippen LogP contribution in [-0.2, 0) is 4.79 Å². The van der Waals surface area contributed by atoms with E-state index in [0.29, 0.717) is 25.3 Å². The molecular weight excluding hydrogens is 281 g/mol. The van der Waals surface area contributed by atoms with E-state index < -0.39 is 0 Å². The number of nitrogens with two attached hydrogens (primary N) is 1. The monoisotopic (exact) mass is 301 g/mol. The maximum absolute atomic E-state index is 13.2. The Kier molecular flexibility index (Phi) is 5.50. The van der Waals surface area contributed by atoms with Gasteiger partial charge in [-0.25, -0.2) is 4.39 Å². The zero-order chi connectivity index (χ0) is 14.0. The number of anilines is 1. The number of nitrogens with zero attached hydrogens (tertiary/aromatic N) is 2. The summed E-state index contributed by atoms with van der Waals surface area (Å²) >= 11 is 0. The van der Waals surface area contributed by atoms with Crippen molar-refractivity contribution in [1.29, 1.82) is 0 Å². The Bertz CT molecular complexity index is 476. The summed E-state index contributed by atoms with van der Waals surface area (Å²) in [6, 6.07) is 6.14. The van der Waals surface area contributed by atoms with Crippen LogP contribution in [0.2, 0.25) is 0 Å². The van der Waals surface area contributed by atoms with E-state index >= 15 is 0 Å². The zero-order valence-electron chi connectivity index (χ0n) is 11.8. The third-order valence-electron chi connectivity index (χ3n) is 3.05. The fraction of sp³-hybridized carbons (Fsp3) is 0.500. The van der Waals surface area contributed by atoms with Gasteiger partial charge in [0.2, 0.25) is 5.91 Å². The second-order valence-corrected chi connectivity index (χ2v) is 5.72. The Hall–Kier alpha value is -1.17. The van der Waals surface area contributed by atoms with E-state index in [-0.39, 0.29) is 29.7 Å². The molecule has 0 saturated carbocycles. The lowest BCUT2D eigenvalue weighted by Crippen LogP contribution is -2.55. The molecule has 0 spiro atoms. The average Bonchev–Trinajstić information content (AvgIpc) is 2.26. The highest BCUT2D eigenvalue weighted by molar-refractivity contribution is 5.95. The molecule has 1 heterocycles. The minimum Gasteiger partial charge on any atom is -0.324 e. The highest BCUT2D eigenvalue weighted by Gasteiger charge is 2.27. The quantitative estimate of drug-likeness (QED) is 0.923. The van der Waals surface area contributed by atoms with Crippen molar-refractivity contribution in [3.8, 4) is 0 Å². The van der Waals surface area contributed by atoms with E-state index in [4.69, 9.17) is 5.73 Å². The van der Waals surface area contributed by atoms with Crippen molar-refractivity contribution in [1.82, 2.24) is 4.90 Å². The molecule has 6 heteroatoms. The number of carbonyl (C=O) groups is 1. The normalized spacial score (nSPS) is 17.0. The Balaban J connectivity index is 0.00000200. The number of hydrogen-bond donors (Lipinski definition) is 1. The second kappa shape index (κ2) is 6.52. The summed E-state index contributed by atoms with van der Waals surface area (Å²) in [5, 5.41) is 0. The summed E-state index contributed by atoms with van der Waals surface area (Å²) < 4.78 is 13.2. The van der Waals surface area contributed by atoms with Crippen LogP contribution in [-0.4, -0.2) is 42.5 Å². The zero-order valence-corrected chi connectivity index (χ0v) is 12.6. The van der Waals surface area contributed by atoms with Gasteiger partial charge < -0.3 is 10.6 Å². The lowest BCUT2D eigenvalue weighted by atomic mass is 10.1. The summed E-state index contributed by atoms with van der Waals surface area (Å²) in [4.78, 5) is 15.8. The molecule has 0 atom stereocenters. The van der Waals surface area contributed by atoms with Crippen molar-refractivity contribution in [2.24, 2.45) is 5.73 Å². The van der Waals surface area contributed by atoms with Crippen LogP contribution in [0.3, 0.4) is 0 Å². The standard InChI is InChI=1S/C14H20FN3O.ClH/c1-14(2,16)10-17-6-7-18(13(19)9-17)12-5-3-4-11(15)8-12;/h3-5,8H,6-7,9-10,16H2,1-2H3;1H. The van der Waals surface area contributed by atoms with Crippen LogP contribution in [0.4, 0.5) is 10.1 Å². The number of carbonyl (C=O) groups excluding carboxylic acids is 1. The largest absolute Gasteiger partial charge is 0.324 e. The van der Waals surface area contributed by atoms with Gasteiger partial charge >= 0.3 is 0 Å². The molecule has 0 unspecified atom stereocenters. The molecule has 1 aliphatic rings. The van der Waals surface area contributed by atoms with Crippen LogP contribution in [0.25, 0.3) is 0 Å². The van der Waals surface area contributed by atoms with E-state index in [2.05, 4.69) is 0 Å². The molecule has 20 heavy (non-hydrogen) atoms. The van der Waals surface area contributed by atoms with Crippen LogP contribution in [0.5, 0.6) is 0 Å². The van der Waals surface area contributed by atoms with E-state index in [9.17, 15) is 9.18 Å².